The zero-order valence-electron chi connectivity index (χ0n) is 18.8. The van der Waals surface area contributed by atoms with Crippen molar-refractivity contribution in [3.8, 4) is 0 Å². The molecule has 0 aliphatic carbocycles. The van der Waals surface area contributed by atoms with Crippen LogP contribution in [0.1, 0.15) is 36.7 Å². The molecule has 0 saturated carbocycles. The third-order valence-corrected chi connectivity index (χ3v) is 4.23. The van der Waals surface area contributed by atoms with E-state index in [4.69, 9.17) is 9.84 Å². The lowest BCUT2D eigenvalue weighted by molar-refractivity contribution is -0.118. The highest BCUT2D eigenvalue weighted by atomic mass is 16.6. The molecule has 0 aliphatic heterocycles. The fourth-order valence-electron chi connectivity index (χ4n) is 2.71. The Balaban J connectivity index is 2.16. The van der Waals surface area contributed by atoms with Gasteiger partial charge in [-0.15, -0.1) is 0 Å². The van der Waals surface area contributed by atoms with Crippen molar-refractivity contribution in [2.45, 2.75) is 38.8 Å². The van der Waals surface area contributed by atoms with Crippen LogP contribution < -0.4 is 16.0 Å². The van der Waals surface area contributed by atoms with Gasteiger partial charge in [-0.25, -0.2) is 14.4 Å². The van der Waals surface area contributed by atoms with Crippen LogP contribution in [0.3, 0.4) is 0 Å². The summed E-state index contributed by atoms with van der Waals surface area (Å²) in [5, 5.41) is 16.8. The van der Waals surface area contributed by atoms with Crippen LogP contribution in [0.4, 0.5) is 21.0 Å². The summed E-state index contributed by atoms with van der Waals surface area (Å²) in [6, 6.07) is 11.3. The van der Waals surface area contributed by atoms with E-state index < -0.39 is 35.7 Å². The zero-order chi connectivity index (χ0) is 24.6. The molecule has 176 valence electrons. The quantitative estimate of drug-likeness (QED) is 0.497. The van der Waals surface area contributed by atoms with Gasteiger partial charge in [-0.05, 0) is 62.7 Å². The topological polar surface area (TPSA) is 143 Å². The van der Waals surface area contributed by atoms with Crippen LogP contribution in [0.25, 0.3) is 0 Å². The van der Waals surface area contributed by atoms with Gasteiger partial charge in [0, 0.05) is 17.8 Å². The van der Waals surface area contributed by atoms with E-state index in [0.717, 1.165) is 0 Å². The summed E-state index contributed by atoms with van der Waals surface area (Å²) in [5.74, 6) is -1.59. The smallest absolute Gasteiger partial charge is 0.411 e. The van der Waals surface area contributed by atoms with Crippen molar-refractivity contribution in [1.82, 2.24) is 5.32 Å². The maximum absolute atomic E-state index is 12.9. The van der Waals surface area contributed by atoms with Crippen molar-refractivity contribution < 1.29 is 33.8 Å². The Morgan fingerprint density at radius 3 is 1.94 bits per heavy atom. The number of hydrogen-bond donors (Lipinski definition) is 4. The number of carboxylic acid groups (broad SMARTS) is 1. The number of carbonyl (C=O) groups excluding carboxylic acids is 3. The van der Waals surface area contributed by atoms with Crippen LogP contribution >= 0.6 is 0 Å². The summed E-state index contributed by atoms with van der Waals surface area (Å²) >= 11 is 0. The summed E-state index contributed by atoms with van der Waals surface area (Å²) < 4.78 is 9.81. The molecule has 0 saturated heterocycles. The Morgan fingerprint density at radius 2 is 1.42 bits per heavy atom. The molecule has 33 heavy (non-hydrogen) atoms. The summed E-state index contributed by atoms with van der Waals surface area (Å²) in [7, 11) is 1.25. The number of ether oxygens (including phenoxy) is 2. The van der Waals surface area contributed by atoms with Crippen LogP contribution in [0.5, 0.6) is 0 Å². The highest BCUT2D eigenvalue weighted by molar-refractivity contribution is 5.97. The number of amides is 3. The molecule has 0 aromatic heterocycles. The lowest BCUT2D eigenvalue weighted by atomic mass is 10.0. The molecular formula is C23H27N3O7. The minimum atomic E-state index is -1.08. The number of hydrogen-bond acceptors (Lipinski definition) is 6. The molecule has 0 spiro atoms. The first-order chi connectivity index (χ1) is 15.5. The molecule has 2 aromatic carbocycles. The van der Waals surface area contributed by atoms with E-state index in [0.29, 0.717) is 16.9 Å². The van der Waals surface area contributed by atoms with Gasteiger partial charge in [0.25, 0.3) is 0 Å². The third kappa shape index (κ3) is 8.52. The Labute approximate surface area is 191 Å². The van der Waals surface area contributed by atoms with Gasteiger partial charge in [-0.2, -0.15) is 0 Å². The number of anilines is 2. The summed E-state index contributed by atoms with van der Waals surface area (Å²) in [6.07, 6.45) is -1.23. The van der Waals surface area contributed by atoms with E-state index in [2.05, 4.69) is 20.7 Å². The molecule has 0 fully saturated rings. The monoisotopic (exact) mass is 457 g/mol. The van der Waals surface area contributed by atoms with Crippen molar-refractivity contribution in [1.29, 1.82) is 0 Å². The van der Waals surface area contributed by atoms with Gasteiger partial charge < -0.3 is 25.2 Å². The molecule has 1 atom stereocenters. The second-order valence-electron chi connectivity index (χ2n) is 8.09. The SMILES string of the molecule is COC(=O)Nc1ccc(CC(NC(=O)OC(C)(C)C)C(=O)Nc2ccc(C(=O)O)cc2)cc1. The van der Waals surface area contributed by atoms with Crippen LogP contribution in [-0.2, 0) is 20.7 Å². The number of carbonyl (C=O) groups is 4. The third-order valence-electron chi connectivity index (χ3n) is 4.23. The Bertz CT molecular complexity index is 996. The predicted octanol–water partition coefficient (Wildman–Crippen LogP) is 3.64. The average molecular weight is 457 g/mol. The van der Waals surface area contributed by atoms with Gasteiger partial charge in [0.2, 0.25) is 5.91 Å². The molecule has 4 N–H and O–H groups in total. The lowest BCUT2D eigenvalue weighted by Gasteiger charge is -2.23. The number of alkyl carbamates (subject to hydrolysis) is 1. The first kappa shape index (κ1) is 25.2. The molecule has 1 unspecified atom stereocenters. The van der Waals surface area contributed by atoms with E-state index in [9.17, 15) is 19.2 Å². The van der Waals surface area contributed by atoms with E-state index in [1.165, 1.54) is 31.4 Å². The van der Waals surface area contributed by atoms with Crippen molar-refractivity contribution in [2.24, 2.45) is 0 Å². The highest BCUT2D eigenvalue weighted by Crippen LogP contribution is 2.15. The van der Waals surface area contributed by atoms with Crippen LogP contribution in [0, 0.1) is 0 Å². The Morgan fingerprint density at radius 1 is 0.879 bits per heavy atom. The summed E-state index contributed by atoms with van der Waals surface area (Å²) in [5.41, 5.74) is 0.919. The average Bonchev–Trinajstić information content (AvgIpc) is 2.73. The van der Waals surface area contributed by atoms with Crippen molar-refractivity contribution >= 4 is 35.4 Å². The number of rotatable bonds is 7. The molecule has 0 radical (unpaired) electrons. The maximum atomic E-state index is 12.9. The van der Waals surface area contributed by atoms with E-state index in [-0.39, 0.29) is 12.0 Å². The molecule has 10 heteroatoms. The van der Waals surface area contributed by atoms with Crippen LogP contribution in [0.2, 0.25) is 0 Å². The first-order valence-corrected chi connectivity index (χ1v) is 10.0. The second-order valence-corrected chi connectivity index (χ2v) is 8.09. The van der Waals surface area contributed by atoms with Crippen LogP contribution in [0.15, 0.2) is 48.5 Å². The summed E-state index contributed by atoms with van der Waals surface area (Å²) in [4.78, 5) is 47.5. The zero-order valence-corrected chi connectivity index (χ0v) is 18.8. The molecule has 0 bridgehead atoms. The molecule has 0 aliphatic rings. The predicted molar refractivity (Wildman–Crippen MR) is 121 cm³/mol. The van der Waals surface area contributed by atoms with Gasteiger partial charge in [-0.3, -0.25) is 10.1 Å². The number of nitrogens with one attached hydrogen (secondary N) is 3. The minimum absolute atomic E-state index is 0.0806. The molecule has 2 rings (SSSR count). The molecule has 2 aromatic rings. The first-order valence-electron chi connectivity index (χ1n) is 10.0. The lowest BCUT2D eigenvalue weighted by Crippen LogP contribution is -2.47. The molecule has 3 amide bonds. The fourth-order valence-corrected chi connectivity index (χ4v) is 2.71. The number of aromatic carboxylic acids is 1. The van der Waals surface area contributed by atoms with Crippen molar-refractivity contribution in [3.05, 3.63) is 59.7 Å². The number of methoxy groups -OCH3 is 1. The van der Waals surface area contributed by atoms with E-state index >= 15 is 0 Å². The standard InChI is InChI=1S/C23H27N3O7/c1-23(2,3)33-22(31)26-18(13-14-5-9-17(10-6-14)25-21(30)32-4)19(27)24-16-11-7-15(8-12-16)20(28)29/h5-12,18H,13H2,1-4H3,(H,24,27)(H,25,30)(H,26,31)(H,28,29). The van der Waals surface area contributed by atoms with E-state index in [1.807, 2.05) is 0 Å². The fraction of sp³-hybridized carbons (Fsp3) is 0.304. The van der Waals surface area contributed by atoms with Gasteiger partial charge in [0.05, 0.1) is 12.7 Å². The highest BCUT2D eigenvalue weighted by Gasteiger charge is 2.25. The van der Waals surface area contributed by atoms with E-state index in [1.54, 1.807) is 45.0 Å². The van der Waals surface area contributed by atoms with Crippen molar-refractivity contribution in [2.75, 3.05) is 17.7 Å². The van der Waals surface area contributed by atoms with Gasteiger partial charge >= 0.3 is 18.2 Å². The minimum Gasteiger partial charge on any atom is -0.478 e. The Kier molecular flexibility index (Phi) is 8.38. The molecule has 0 heterocycles. The van der Waals surface area contributed by atoms with Crippen LogP contribution in [-0.4, -0.2) is 47.9 Å². The normalized spacial score (nSPS) is 11.6. The summed E-state index contributed by atoms with van der Waals surface area (Å²) in [6.45, 7) is 5.12. The maximum Gasteiger partial charge on any atom is 0.411 e. The van der Waals surface area contributed by atoms with Crippen molar-refractivity contribution in [3.63, 3.8) is 0 Å². The molecule has 10 nitrogen and oxygen atoms in total. The van der Waals surface area contributed by atoms with Gasteiger partial charge in [-0.1, -0.05) is 12.1 Å². The second kappa shape index (κ2) is 11.0. The van der Waals surface area contributed by atoms with Gasteiger partial charge in [0.1, 0.15) is 11.6 Å². The Hall–Kier alpha value is -4.08. The number of carboxylic acids is 1. The number of benzene rings is 2. The van der Waals surface area contributed by atoms with Gasteiger partial charge in [0.15, 0.2) is 0 Å². The largest absolute Gasteiger partial charge is 0.478 e. The molecular weight excluding hydrogens is 430 g/mol.